The molecule has 3 aliphatic carbocycles. The van der Waals surface area contributed by atoms with Gasteiger partial charge in [-0.15, -0.1) is 0 Å². The molecule has 1 aliphatic heterocycles. The maximum Gasteiger partial charge on any atom is 2.00 e. The first-order valence-electron chi connectivity index (χ1n) is 20.7. The van der Waals surface area contributed by atoms with Crippen LogP contribution in [0.3, 0.4) is 0 Å². The molecule has 3 saturated carbocycles. The van der Waals surface area contributed by atoms with Crippen LogP contribution in [0.25, 0.3) is 0 Å². The number of hydrogen-bond donors (Lipinski definition) is 0. The summed E-state index contributed by atoms with van der Waals surface area (Å²) in [6.07, 6.45) is 9.67. The van der Waals surface area contributed by atoms with Gasteiger partial charge in [-0.1, -0.05) is 159 Å². The summed E-state index contributed by atoms with van der Waals surface area (Å²) >= 11 is 0. The Kier molecular flexibility index (Phi) is 43.4. The zero-order valence-electron chi connectivity index (χ0n) is 45.7. The van der Waals surface area contributed by atoms with Crippen LogP contribution < -0.4 is 0 Å². The van der Waals surface area contributed by atoms with E-state index in [9.17, 15) is 50.4 Å². The fourth-order valence-electron chi connectivity index (χ4n) is 5.81. The van der Waals surface area contributed by atoms with Crippen LogP contribution in [0, 0.1) is 150 Å². The van der Waals surface area contributed by atoms with Gasteiger partial charge in [0.05, 0.1) is 0 Å². The Morgan fingerprint density at radius 3 is 0.452 bits per heavy atom. The fraction of sp³-hybridized carbons (Fsp3) is 0.604. The van der Waals surface area contributed by atoms with Crippen LogP contribution >= 0.6 is 47.4 Å². The van der Waals surface area contributed by atoms with E-state index in [1.807, 2.05) is 0 Å². The van der Waals surface area contributed by atoms with Gasteiger partial charge in [0, 0.05) is 66.0 Å². The van der Waals surface area contributed by atoms with Crippen LogP contribution in [0.2, 0.25) is 0 Å². The minimum absolute atomic E-state index is 0. The Labute approximate surface area is 476 Å². The van der Waals surface area contributed by atoms with E-state index in [2.05, 4.69) is 212 Å². The molecule has 25 heteroatoms. The summed E-state index contributed by atoms with van der Waals surface area (Å²) < 4.78 is 148. The van der Waals surface area contributed by atoms with Gasteiger partial charge < -0.3 is 0 Å². The molecule has 73 heavy (non-hydrogen) atoms. The zero-order valence-corrected chi connectivity index (χ0v) is 54.9. The second-order valence-corrected chi connectivity index (χ2v) is 35.2. The van der Waals surface area contributed by atoms with Crippen molar-refractivity contribution in [2.75, 3.05) is 0 Å². The Balaban J connectivity index is -0.0000000971. The van der Waals surface area contributed by atoms with E-state index in [1.165, 1.54) is 65.1 Å². The third kappa shape index (κ3) is 52.2. The molecule has 0 aromatic heterocycles. The van der Waals surface area contributed by atoms with E-state index < -0.39 is 15.6 Å². The summed E-state index contributed by atoms with van der Waals surface area (Å²) in [6.45, 7) is 70.5. The predicted molar refractivity (Wildman–Crippen MR) is 269 cm³/mol. The first-order chi connectivity index (χ1) is 30.1. The Hall–Kier alpha value is 2.36. The van der Waals surface area contributed by atoms with Gasteiger partial charge in [0.1, 0.15) is 0 Å². The van der Waals surface area contributed by atoms with Crippen molar-refractivity contribution in [3.63, 3.8) is 0 Å². The first-order valence-corrected chi connectivity index (χ1v) is 31.2. The van der Waals surface area contributed by atoms with E-state index in [-0.39, 0.29) is 86.1 Å². The van der Waals surface area contributed by atoms with E-state index in [0.29, 0.717) is 0 Å². The summed E-state index contributed by atoms with van der Waals surface area (Å²) in [5.41, 5.74) is 1.39. The minimum Gasteiger partial charge on any atom is 0 e. The van der Waals surface area contributed by atoms with Gasteiger partial charge in [0.25, 0.3) is 0 Å². The molecule has 4 aliphatic rings. The quantitative estimate of drug-likeness (QED) is 0.0762. The van der Waals surface area contributed by atoms with Crippen LogP contribution in [-0.2, 0) is 72.2 Å². The average Bonchev–Trinajstić information content (AvgIpc) is 3.81. The molecule has 1 heterocycles. The van der Waals surface area contributed by atoms with Gasteiger partial charge in [0.15, 0.2) is 0 Å². The first kappa shape index (κ1) is 94.6. The molecular weight excluding hydrogens is 1270 g/mol. The molecule has 4 nitrogen and oxygen atoms in total. The molecule has 0 bridgehead atoms. The third-order valence-electron chi connectivity index (χ3n) is 9.72. The van der Waals surface area contributed by atoms with E-state index >= 15 is 0 Å². The van der Waals surface area contributed by atoms with Gasteiger partial charge in [-0.05, 0) is 123 Å². The molecule has 0 amide bonds. The molecule has 0 atom stereocenters. The Morgan fingerprint density at radius 2 is 0.397 bits per heavy atom. The van der Waals surface area contributed by atoms with Crippen molar-refractivity contribution in [1.29, 1.82) is 0 Å². The largest absolute Gasteiger partial charge is 2.00 e. The summed E-state index contributed by atoms with van der Waals surface area (Å²) in [7, 11) is -14.9. The standard InChI is InChI=1S/2C17H29.C10H15.4CO.2F6P.2Fe.P4.Rh/c2*1-15(2,3)12-10-13(16(4,5)6)14(11-12)17(7,8)9;1-6-7(2)9(4)10(5)8(6)3;4*1-2;2*1-7(2,3,4,5)6;;;1-2-4-3-1;/h2*10-11H,1-9H3;1-5H3;;;;;;;;;;/q;;;;;;;2*-1;;;;+2. The molecule has 428 valence electrons. The molecule has 20 radical (unpaired) electrons. The van der Waals surface area contributed by atoms with Crippen LogP contribution in [0.1, 0.15) is 159 Å². The zero-order chi connectivity index (χ0) is 58.8. The second-order valence-electron chi connectivity index (χ2n) is 22.0. The number of hydrogen-bond acceptors (Lipinski definition) is 0. The summed E-state index contributed by atoms with van der Waals surface area (Å²) in [6, 6.07) is 0. The van der Waals surface area contributed by atoms with Crippen molar-refractivity contribution >= 4 is 47.4 Å². The van der Waals surface area contributed by atoms with Crippen LogP contribution in [0.4, 0.5) is 50.4 Å². The van der Waals surface area contributed by atoms with Crippen molar-refractivity contribution in [1.82, 2.24) is 0 Å². The van der Waals surface area contributed by atoms with Gasteiger partial charge >= 0.3 is 131 Å². The number of halogens is 12. The normalized spacial score (nSPS) is 21.5. The molecule has 0 spiro atoms. The number of rotatable bonds is 0. The Morgan fingerprint density at radius 1 is 0.301 bits per heavy atom. The van der Waals surface area contributed by atoms with Crippen molar-refractivity contribution in [3.05, 3.63) is 117 Å². The van der Waals surface area contributed by atoms with Crippen LogP contribution in [-0.4, -0.2) is 0 Å². The summed E-state index contributed by atoms with van der Waals surface area (Å²) in [5, 5.41) is 0. The van der Waals surface area contributed by atoms with Gasteiger partial charge in [-0.25, -0.2) is 0 Å². The maximum absolute atomic E-state index is 10.7. The van der Waals surface area contributed by atoms with Crippen LogP contribution in [0.5, 0.6) is 0 Å². The smallest absolute Gasteiger partial charge is 0 e. The maximum atomic E-state index is 9.87. The SMILES string of the molecule is CC(C)(C)[C]1[CH][C](C(C)(C)C)[C](C(C)(C)C)[CH]1.CC(C)(C)[C]1[CH][C](C(C)(C)C)[C](C(C)(C)C)[CH]1.C[C]1[C](C)[C](C)[C](C)[C]1C.F[P-](F)(F)(F)(F)F.F[P-](F)(F)(F)(F)F.[C-]#[O+].[C-]#[O+].[C-]#[O+].[C-]#[O+].[Fe].[Fe].[P]1[P][P][P]1.[Rh+2]. The van der Waals surface area contributed by atoms with E-state index in [0.717, 1.165) is 0 Å². The molecule has 1 saturated heterocycles. The monoisotopic (exact) mass is 1340 g/mol. The third-order valence-corrected chi connectivity index (χ3v) is 22.5. The molecule has 4 rings (SSSR count). The molecular formula is C48H73F12Fe2O4P6Rh. The van der Waals surface area contributed by atoms with Gasteiger partial charge in [-0.3, -0.25) is 0 Å². The molecule has 0 aromatic rings. The summed E-state index contributed by atoms with van der Waals surface area (Å²) in [5.74, 6) is 16.3. The van der Waals surface area contributed by atoms with Crippen LogP contribution in [0.15, 0.2) is 0 Å². The molecule has 0 aromatic carbocycles. The predicted octanol–water partition coefficient (Wildman–Crippen LogP) is 23.6. The van der Waals surface area contributed by atoms with Crippen molar-refractivity contribution in [2.24, 2.45) is 32.5 Å². The Bertz CT molecular complexity index is 1350. The van der Waals surface area contributed by atoms with Crippen molar-refractivity contribution in [2.45, 2.75) is 159 Å². The average molecular weight is 1340 g/mol. The molecule has 4 fully saturated rings. The minimum atomic E-state index is -10.7. The fourth-order valence-corrected chi connectivity index (χ4v) is 9.01. The topological polar surface area (TPSA) is 79.6 Å². The van der Waals surface area contributed by atoms with Gasteiger partial charge in [-0.2, -0.15) is 0 Å². The van der Waals surface area contributed by atoms with Gasteiger partial charge in [0.2, 0.25) is 0 Å². The van der Waals surface area contributed by atoms with E-state index in [1.54, 1.807) is 31.8 Å². The van der Waals surface area contributed by atoms with Crippen molar-refractivity contribution in [3.8, 4) is 0 Å². The van der Waals surface area contributed by atoms with E-state index in [4.69, 9.17) is 18.6 Å². The molecule has 0 unspecified atom stereocenters. The summed E-state index contributed by atoms with van der Waals surface area (Å²) in [4.78, 5) is 0. The second kappa shape index (κ2) is 33.5. The van der Waals surface area contributed by atoms with Crippen molar-refractivity contribution < 1.29 is 123 Å². The molecule has 0 N–H and O–H groups in total.